The molecule has 0 bridgehead atoms. The van der Waals surface area contributed by atoms with Crippen molar-refractivity contribution in [3.8, 4) is 11.5 Å². The van der Waals surface area contributed by atoms with E-state index in [0.717, 1.165) is 27.2 Å². The number of methoxy groups -OCH3 is 1. The van der Waals surface area contributed by atoms with E-state index >= 15 is 0 Å². The molecule has 0 aliphatic heterocycles. The van der Waals surface area contributed by atoms with Gasteiger partial charge in [0.15, 0.2) is 0 Å². The van der Waals surface area contributed by atoms with E-state index < -0.39 is 0 Å². The highest BCUT2D eigenvalue weighted by Gasteiger charge is 2.03. The number of nitrogens with one attached hydrogen (secondary N) is 1. The zero-order valence-corrected chi connectivity index (χ0v) is 12.5. The Labute approximate surface area is 121 Å². The Hall–Kier alpha value is -1.68. The molecule has 3 nitrogen and oxygen atoms in total. The molecule has 0 heterocycles. The maximum atomic E-state index is 5.76. The molecule has 19 heavy (non-hydrogen) atoms. The molecule has 0 spiro atoms. The van der Waals surface area contributed by atoms with E-state index in [1.807, 2.05) is 49.5 Å². The molecule has 0 unspecified atom stereocenters. The molecular weight excluding hydrogens is 306 g/mol. The summed E-state index contributed by atoms with van der Waals surface area (Å²) >= 11 is 3.51. The van der Waals surface area contributed by atoms with Crippen LogP contribution in [0.25, 0.3) is 0 Å². The molecule has 2 aromatic carbocycles. The molecule has 0 aliphatic carbocycles. The molecule has 0 saturated carbocycles. The second-order valence-corrected chi connectivity index (χ2v) is 4.87. The number of rotatable bonds is 5. The number of hydrogen-bond donors (Lipinski definition) is 1. The first-order chi connectivity index (χ1) is 9.22. The predicted octanol–water partition coefficient (Wildman–Crippen LogP) is 4.08. The summed E-state index contributed by atoms with van der Waals surface area (Å²) in [6.07, 6.45) is 0. The van der Waals surface area contributed by atoms with Gasteiger partial charge in [0.2, 0.25) is 0 Å². The normalized spacial score (nSPS) is 10.1. The van der Waals surface area contributed by atoms with E-state index in [1.54, 1.807) is 7.11 Å². The molecule has 0 fully saturated rings. The Kier molecular flexibility index (Phi) is 4.68. The van der Waals surface area contributed by atoms with E-state index in [9.17, 15) is 0 Å². The van der Waals surface area contributed by atoms with Gasteiger partial charge in [0, 0.05) is 22.8 Å². The lowest BCUT2D eigenvalue weighted by Crippen LogP contribution is -1.97. The number of halogens is 1. The Bertz CT molecular complexity index is 540. The van der Waals surface area contributed by atoms with Crippen LogP contribution in [0.4, 0.5) is 5.69 Å². The highest BCUT2D eigenvalue weighted by Crippen LogP contribution is 2.24. The number of anilines is 1. The smallest absolute Gasteiger partial charge is 0.119 e. The third-order valence-corrected chi connectivity index (χ3v) is 3.56. The first-order valence-corrected chi connectivity index (χ1v) is 6.75. The molecule has 0 saturated heterocycles. The third-order valence-electron chi connectivity index (χ3n) is 2.79. The minimum Gasteiger partial charge on any atom is -0.497 e. The van der Waals surface area contributed by atoms with E-state index in [0.29, 0.717) is 6.61 Å². The monoisotopic (exact) mass is 321 g/mol. The van der Waals surface area contributed by atoms with Crippen LogP contribution >= 0.6 is 15.9 Å². The van der Waals surface area contributed by atoms with Gasteiger partial charge in [-0.25, -0.2) is 0 Å². The van der Waals surface area contributed by atoms with Crippen LogP contribution in [0.1, 0.15) is 5.56 Å². The van der Waals surface area contributed by atoms with Crippen LogP contribution in [0.5, 0.6) is 11.5 Å². The Morgan fingerprint density at radius 1 is 1.05 bits per heavy atom. The minimum absolute atomic E-state index is 0.497. The summed E-state index contributed by atoms with van der Waals surface area (Å²) in [4.78, 5) is 0. The van der Waals surface area contributed by atoms with Crippen LogP contribution < -0.4 is 14.8 Å². The van der Waals surface area contributed by atoms with Crippen molar-refractivity contribution in [3.63, 3.8) is 0 Å². The maximum absolute atomic E-state index is 5.76. The molecule has 0 aliphatic rings. The van der Waals surface area contributed by atoms with Gasteiger partial charge in [0.25, 0.3) is 0 Å². The van der Waals surface area contributed by atoms with Gasteiger partial charge < -0.3 is 14.8 Å². The van der Waals surface area contributed by atoms with Gasteiger partial charge in [-0.05, 0) is 42.5 Å². The maximum Gasteiger partial charge on any atom is 0.119 e. The van der Waals surface area contributed by atoms with Crippen molar-refractivity contribution in [1.29, 1.82) is 0 Å². The van der Waals surface area contributed by atoms with Crippen molar-refractivity contribution in [2.24, 2.45) is 0 Å². The fourth-order valence-corrected chi connectivity index (χ4v) is 2.03. The second kappa shape index (κ2) is 6.48. The summed E-state index contributed by atoms with van der Waals surface area (Å²) in [5, 5.41) is 3.07. The molecule has 100 valence electrons. The van der Waals surface area contributed by atoms with Crippen molar-refractivity contribution in [2.75, 3.05) is 19.5 Å². The fraction of sp³-hybridized carbons (Fsp3) is 0.200. The average molecular weight is 322 g/mol. The molecule has 1 N–H and O–H groups in total. The quantitative estimate of drug-likeness (QED) is 0.900. The van der Waals surface area contributed by atoms with Gasteiger partial charge in [-0.15, -0.1) is 0 Å². The minimum atomic E-state index is 0.497. The van der Waals surface area contributed by atoms with Crippen molar-refractivity contribution in [1.82, 2.24) is 0 Å². The van der Waals surface area contributed by atoms with Gasteiger partial charge in [-0.1, -0.05) is 15.9 Å². The van der Waals surface area contributed by atoms with Crippen LogP contribution in [-0.4, -0.2) is 14.2 Å². The van der Waals surface area contributed by atoms with Crippen molar-refractivity contribution in [3.05, 3.63) is 52.5 Å². The Morgan fingerprint density at radius 2 is 1.74 bits per heavy atom. The lowest BCUT2D eigenvalue weighted by molar-refractivity contribution is 0.304. The first-order valence-electron chi connectivity index (χ1n) is 5.96. The summed E-state index contributed by atoms with van der Waals surface area (Å²) in [5.41, 5.74) is 2.12. The van der Waals surface area contributed by atoms with E-state index in [1.165, 1.54) is 0 Å². The summed E-state index contributed by atoms with van der Waals surface area (Å²) in [5.74, 6) is 1.67. The largest absolute Gasteiger partial charge is 0.497 e. The van der Waals surface area contributed by atoms with E-state index in [2.05, 4.69) is 21.2 Å². The van der Waals surface area contributed by atoms with Crippen LogP contribution in [0.2, 0.25) is 0 Å². The van der Waals surface area contributed by atoms with Crippen LogP contribution in [-0.2, 0) is 6.61 Å². The third kappa shape index (κ3) is 3.64. The standard InChI is InChI=1S/C15H16BrNO2/c1-17-12-3-5-13(6-4-12)19-10-11-9-14(18-2)7-8-15(11)16/h3-9,17H,10H2,1-2H3. The zero-order valence-electron chi connectivity index (χ0n) is 10.9. The highest BCUT2D eigenvalue weighted by molar-refractivity contribution is 9.10. The lowest BCUT2D eigenvalue weighted by Gasteiger charge is -2.10. The molecule has 0 amide bonds. The number of benzene rings is 2. The van der Waals surface area contributed by atoms with E-state index in [-0.39, 0.29) is 0 Å². The summed E-state index contributed by atoms with van der Waals surface area (Å²) < 4.78 is 12.0. The van der Waals surface area contributed by atoms with Crippen molar-refractivity contribution >= 4 is 21.6 Å². The molecule has 0 atom stereocenters. The highest BCUT2D eigenvalue weighted by atomic mass is 79.9. The van der Waals surface area contributed by atoms with Crippen molar-refractivity contribution < 1.29 is 9.47 Å². The SMILES string of the molecule is CNc1ccc(OCc2cc(OC)ccc2Br)cc1. The lowest BCUT2D eigenvalue weighted by atomic mass is 10.2. The molecule has 0 aromatic heterocycles. The van der Waals surface area contributed by atoms with Gasteiger partial charge >= 0.3 is 0 Å². The fourth-order valence-electron chi connectivity index (χ4n) is 1.67. The zero-order chi connectivity index (χ0) is 13.7. The average Bonchev–Trinajstić information content (AvgIpc) is 2.47. The first kappa shape index (κ1) is 13.7. The topological polar surface area (TPSA) is 30.5 Å². The summed E-state index contributed by atoms with van der Waals surface area (Å²) in [6, 6.07) is 13.7. The molecule has 2 aromatic rings. The van der Waals surface area contributed by atoms with Crippen LogP contribution in [0, 0.1) is 0 Å². The van der Waals surface area contributed by atoms with Gasteiger partial charge in [-0.3, -0.25) is 0 Å². The second-order valence-electron chi connectivity index (χ2n) is 4.02. The van der Waals surface area contributed by atoms with Crippen LogP contribution in [0.15, 0.2) is 46.9 Å². The Morgan fingerprint density at radius 3 is 2.37 bits per heavy atom. The Balaban J connectivity index is 2.05. The van der Waals surface area contributed by atoms with Crippen LogP contribution in [0.3, 0.4) is 0 Å². The number of ether oxygens (including phenoxy) is 2. The molecule has 0 radical (unpaired) electrons. The molecule has 2 rings (SSSR count). The van der Waals surface area contributed by atoms with Gasteiger partial charge in [0.1, 0.15) is 18.1 Å². The summed E-state index contributed by atoms with van der Waals surface area (Å²) in [7, 11) is 3.55. The van der Waals surface area contributed by atoms with Gasteiger partial charge in [-0.2, -0.15) is 0 Å². The predicted molar refractivity (Wildman–Crippen MR) is 81.0 cm³/mol. The summed E-state index contributed by atoms with van der Waals surface area (Å²) in [6.45, 7) is 0.497. The van der Waals surface area contributed by atoms with E-state index in [4.69, 9.17) is 9.47 Å². The molecule has 4 heteroatoms. The van der Waals surface area contributed by atoms with Crippen molar-refractivity contribution in [2.45, 2.75) is 6.61 Å². The number of hydrogen-bond acceptors (Lipinski definition) is 3. The molecular formula is C15H16BrNO2. The van der Waals surface area contributed by atoms with Gasteiger partial charge in [0.05, 0.1) is 7.11 Å².